The number of likely N-dealkylation sites (N-methyl/N-ethyl adjacent to an activating group) is 1. The third kappa shape index (κ3) is 5.17. The summed E-state index contributed by atoms with van der Waals surface area (Å²) >= 11 is 1.19. The third-order valence-corrected chi connectivity index (χ3v) is 4.21. The molecule has 1 heterocycles. The molecule has 2 amide bonds. The molecule has 0 unspecified atom stereocenters. The van der Waals surface area contributed by atoms with E-state index in [1.165, 1.54) is 25.6 Å². The van der Waals surface area contributed by atoms with Gasteiger partial charge >= 0.3 is 0 Å². The molecule has 2 aromatic rings. The van der Waals surface area contributed by atoms with Crippen LogP contribution in [0.25, 0.3) is 0 Å². The Kier molecular flexibility index (Phi) is 6.93. The number of rotatable bonds is 8. The Morgan fingerprint density at radius 1 is 1.15 bits per heavy atom. The maximum Gasteiger partial charge on any atom is 0.270 e. The minimum Gasteiger partial charge on any atom is -0.493 e. The fourth-order valence-electron chi connectivity index (χ4n) is 2.07. The summed E-state index contributed by atoms with van der Waals surface area (Å²) in [5.41, 5.74) is 0.672. The molecule has 0 radical (unpaired) electrons. The molecule has 0 bridgehead atoms. The second kappa shape index (κ2) is 9.16. The van der Waals surface area contributed by atoms with Gasteiger partial charge in [0.2, 0.25) is 0 Å². The van der Waals surface area contributed by atoms with Crippen LogP contribution in [-0.4, -0.2) is 63.1 Å². The van der Waals surface area contributed by atoms with Crippen LogP contribution in [0.4, 0.5) is 5.13 Å². The molecule has 1 aromatic carbocycles. The van der Waals surface area contributed by atoms with Crippen LogP contribution in [-0.2, 0) is 0 Å². The number of carbonyl (C=O) groups is 2. The molecule has 0 saturated carbocycles. The van der Waals surface area contributed by atoms with Crippen LogP contribution in [0.1, 0.15) is 20.8 Å². The Bertz CT molecular complexity index is 776. The van der Waals surface area contributed by atoms with Crippen LogP contribution in [0, 0.1) is 0 Å². The molecule has 2 N–H and O–H groups in total. The summed E-state index contributed by atoms with van der Waals surface area (Å²) in [6, 6.07) is 4.86. The molecule has 2 rings (SSSR count). The number of hydrogen-bond acceptors (Lipinski definition) is 7. The monoisotopic (exact) mass is 378 g/mol. The molecule has 0 saturated heterocycles. The van der Waals surface area contributed by atoms with Gasteiger partial charge in [-0.05, 0) is 32.3 Å². The summed E-state index contributed by atoms with van der Waals surface area (Å²) in [6.07, 6.45) is 0. The van der Waals surface area contributed by atoms with E-state index in [0.717, 1.165) is 6.54 Å². The maximum absolute atomic E-state index is 12.4. The van der Waals surface area contributed by atoms with Crippen molar-refractivity contribution in [3.63, 3.8) is 0 Å². The zero-order valence-corrected chi connectivity index (χ0v) is 16.0. The van der Waals surface area contributed by atoms with E-state index in [2.05, 4.69) is 15.6 Å². The van der Waals surface area contributed by atoms with E-state index in [1.807, 2.05) is 19.0 Å². The fraction of sp³-hybridized carbons (Fsp3) is 0.353. The predicted molar refractivity (Wildman–Crippen MR) is 101 cm³/mol. The number of nitrogens with one attached hydrogen (secondary N) is 2. The third-order valence-electron chi connectivity index (χ3n) is 3.45. The summed E-state index contributed by atoms with van der Waals surface area (Å²) in [5.74, 6) is 0.379. The SMILES string of the molecule is COc1ccc(C(=O)Nc2nc(C(=O)NCCN(C)C)cs2)cc1OC. The molecular weight excluding hydrogens is 356 g/mol. The lowest BCUT2D eigenvalue weighted by atomic mass is 10.2. The summed E-state index contributed by atoms with van der Waals surface area (Å²) in [6.45, 7) is 1.26. The molecule has 8 nitrogen and oxygen atoms in total. The van der Waals surface area contributed by atoms with Crippen molar-refractivity contribution in [2.24, 2.45) is 0 Å². The fourth-order valence-corrected chi connectivity index (χ4v) is 2.75. The smallest absolute Gasteiger partial charge is 0.270 e. The van der Waals surface area contributed by atoms with Gasteiger partial charge < -0.3 is 19.7 Å². The van der Waals surface area contributed by atoms with E-state index in [-0.39, 0.29) is 17.5 Å². The summed E-state index contributed by atoms with van der Waals surface area (Å²) in [5, 5.41) is 7.41. The molecule has 0 fully saturated rings. The number of aromatic nitrogens is 1. The molecule has 9 heteroatoms. The lowest BCUT2D eigenvalue weighted by Gasteiger charge is -2.09. The van der Waals surface area contributed by atoms with Crippen LogP contribution >= 0.6 is 11.3 Å². The molecule has 0 aliphatic heterocycles. The molecule has 0 aliphatic carbocycles. The number of hydrogen-bond donors (Lipinski definition) is 2. The van der Waals surface area contributed by atoms with Crippen LogP contribution in [0.2, 0.25) is 0 Å². The second-order valence-corrected chi connectivity index (χ2v) is 6.48. The number of amides is 2. The number of carbonyl (C=O) groups excluding carboxylic acids is 2. The van der Waals surface area contributed by atoms with Crippen LogP contribution in [0.15, 0.2) is 23.6 Å². The number of anilines is 1. The van der Waals surface area contributed by atoms with E-state index in [4.69, 9.17) is 9.47 Å². The van der Waals surface area contributed by atoms with Gasteiger partial charge in [0, 0.05) is 24.0 Å². The zero-order valence-electron chi connectivity index (χ0n) is 15.2. The van der Waals surface area contributed by atoms with Gasteiger partial charge in [-0.3, -0.25) is 14.9 Å². The van der Waals surface area contributed by atoms with Gasteiger partial charge in [-0.2, -0.15) is 0 Å². The number of benzene rings is 1. The minimum atomic E-state index is -0.347. The van der Waals surface area contributed by atoms with Crippen LogP contribution in [0.3, 0.4) is 0 Å². The number of thiazole rings is 1. The Balaban J connectivity index is 2.00. The number of methoxy groups -OCH3 is 2. The highest BCUT2D eigenvalue weighted by Gasteiger charge is 2.15. The number of nitrogens with zero attached hydrogens (tertiary/aromatic N) is 2. The topological polar surface area (TPSA) is 92.8 Å². The first kappa shape index (κ1) is 19.7. The molecule has 0 atom stereocenters. The second-order valence-electron chi connectivity index (χ2n) is 5.62. The largest absolute Gasteiger partial charge is 0.493 e. The average Bonchev–Trinajstić information content (AvgIpc) is 3.09. The van der Waals surface area contributed by atoms with Gasteiger partial charge in [-0.15, -0.1) is 11.3 Å². The average molecular weight is 378 g/mol. The Morgan fingerprint density at radius 3 is 2.54 bits per heavy atom. The molecule has 26 heavy (non-hydrogen) atoms. The Labute approximate surface area is 156 Å². The van der Waals surface area contributed by atoms with E-state index < -0.39 is 0 Å². The summed E-state index contributed by atoms with van der Waals surface area (Å²) in [4.78, 5) is 30.5. The highest BCUT2D eigenvalue weighted by Crippen LogP contribution is 2.28. The Hall–Kier alpha value is -2.65. The standard InChI is InChI=1S/C17H22N4O4S/c1-21(2)8-7-18-16(23)12-10-26-17(19-12)20-15(22)11-5-6-13(24-3)14(9-11)25-4/h5-6,9-10H,7-8H2,1-4H3,(H,18,23)(H,19,20,22). The lowest BCUT2D eigenvalue weighted by molar-refractivity contribution is 0.0945. The van der Waals surface area contributed by atoms with Crippen molar-refractivity contribution in [3.8, 4) is 11.5 Å². The van der Waals surface area contributed by atoms with Gasteiger partial charge in [0.05, 0.1) is 14.2 Å². The molecule has 1 aromatic heterocycles. The molecular formula is C17H22N4O4S. The summed E-state index contributed by atoms with van der Waals surface area (Å²) < 4.78 is 10.3. The maximum atomic E-state index is 12.4. The first-order valence-corrected chi connectivity index (χ1v) is 8.74. The highest BCUT2D eigenvalue weighted by atomic mass is 32.1. The minimum absolute atomic E-state index is 0.269. The Morgan fingerprint density at radius 2 is 1.88 bits per heavy atom. The zero-order chi connectivity index (χ0) is 19.1. The van der Waals surface area contributed by atoms with Gasteiger partial charge in [0.1, 0.15) is 5.69 Å². The van der Waals surface area contributed by atoms with E-state index in [1.54, 1.807) is 23.6 Å². The lowest BCUT2D eigenvalue weighted by Crippen LogP contribution is -2.31. The van der Waals surface area contributed by atoms with Crippen molar-refractivity contribution in [2.75, 3.05) is 46.7 Å². The first-order valence-electron chi connectivity index (χ1n) is 7.86. The summed E-state index contributed by atoms with van der Waals surface area (Å²) in [7, 11) is 6.88. The van der Waals surface area contributed by atoms with Crippen molar-refractivity contribution < 1.29 is 19.1 Å². The van der Waals surface area contributed by atoms with Gasteiger partial charge in [-0.1, -0.05) is 0 Å². The van der Waals surface area contributed by atoms with Crippen molar-refractivity contribution in [3.05, 3.63) is 34.8 Å². The number of ether oxygens (including phenoxy) is 2. The van der Waals surface area contributed by atoms with Crippen molar-refractivity contribution in [1.82, 2.24) is 15.2 Å². The molecule has 0 spiro atoms. The first-order chi connectivity index (χ1) is 12.4. The van der Waals surface area contributed by atoms with Crippen LogP contribution in [0.5, 0.6) is 11.5 Å². The van der Waals surface area contributed by atoms with Crippen molar-refractivity contribution in [2.45, 2.75) is 0 Å². The highest BCUT2D eigenvalue weighted by molar-refractivity contribution is 7.14. The quantitative estimate of drug-likeness (QED) is 0.726. The molecule has 0 aliphatic rings. The van der Waals surface area contributed by atoms with Crippen molar-refractivity contribution in [1.29, 1.82) is 0 Å². The van der Waals surface area contributed by atoms with Crippen molar-refractivity contribution >= 4 is 28.3 Å². The van der Waals surface area contributed by atoms with E-state index in [9.17, 15) is 9.59 Å². The molecule has 140 valence electrons. The van der Waals surface area contributed by atoms with E-state index >= 15 is 0 Å². The van der Waals surface area contributed by atoms with Gasteiger partial charge in [0.15, 0.2) is 16.6 Å². The normalized spacial score (nSPS) is 10.5. The van der Waals surface area contributed by atoms with E-state index in [0.29, 0.717) is 28.7 Å². The van der Waals surface area contributed by atoms with Crippen LogP contribution < -0.4 is 20.1 Å². The van der Waals surface area contributed by atoms with Gasteiger partial charge in [0.25, 0.3) is 11.8 Å². The predicted octanol–water partition coefficient (Wildman–Crippen LogP) is 1.70. The van der Waals surface area contributed by atoms with Gasteiger partial charge in [-0.25, -0.2) is 4.98 Å².